The van der Waals surface area contributed by atoms with Gasteiger partial charge in [0.15, 0.2) is 0 Å². The quantitative estimate of drug-likeness (QED) is 0.617. The van der Waals surface area contributed by atoms with E-state index < -0.39 is 0 Å². The molecule has 0 aromatic heterocycles. The van der Waals surface area contributed by atoms with E-state index in [4.69, 9.17) is 16.3 Å². The Morgan fingerprint density at radius 3 is 2.45 bits per heavy atom. The van der Waals surface area contributed by atoms with Gasteiger partial charge in [0.1, 0.15) is 24.5 Å². The zero-order valence-electron chi connectivity index (χ0n) is 10.00. The lowest BCUT2D eigenvalue weighted by Crippen LogP contribution is -1.99. The highest BCUT2D eigenvalue weighted by Crippen LogP contribution is 2.35. The van der Waals surface area contributed by atoms with Crippen LogP contribution in [0.5, 0.6) is 5.75 Å². The summed E-state index contributed by atoms with van der Waals surface area (Å²) in [6.07, 6.45) is 0.739. The van der Waals surface area contributed by atoms with Crippen LogP contribution in [0.15, 0.2) is 39.3 Å². The molecule has 0 unspecified atom stereocenters. The highest BCUT2D eigenvalue weighted by atomic mass is 79.9. The van der Waals surface area contributed by atoms with Gasteiger partial charge in [-0.2, -0.15) is 0 Å². The first-order valence-electron chi connectivity index (χ1n) is 5.52. The molecule has 0 aliphatic rings. The van der Waals surface area contributed by atoms with Crippen LogP contribution in [0.3, 0.4) is 0 Å². The van der Waals surface area contributed by atoms with Crippen LogP contribution in [-0.2, 0) is 6.61 Å². The first-order valence-corrected chi connectivity index (χ1v) is 7.48. The van der Waals surface area contributed by atoms with Crippen LogP contribution in [0, 0.1) is 5.82 Å². The van der Waals surface area contributed by atoms with Crippen LogP contribution in [0.2, 0.25) is 5.02 Å². The minimum absolute atomic E-state index is 0.119. The first kappa shape index (κ1) is 15.5. The molecular weight excluding hydrogens is 414 g/mol. The molecule has 2 aromatic rings. The molecule has 6 heteroatoms. The standard InChI is InChI=1S/C14H8Br2ClFO2/c15-11-3-8(6-19)4-12(16)14(11)20-7-9-5-10(18)1-2-13(9)17/h1-6H,7H2. The van der Waals surface area contributed by atoms with Crippen molar-refractivity contribution in [2.45, 2.75) is 6.61 Å². The zero-order chi connectivity index (χ0) is 14.7. The highest BCUT2D eigenvalue weighted by molar-refractivity contribution is 9.11. The summed E-state index contributed by atoms with van der Waals surface area (Å²) in [5.74, 6) is 0.151. The van der Waals surface area contributed by atoms with E-state index in [1.54, 1.807) is 12.1 Å². The smallest absolute Gasteiger partial charge is 0.150 e. The predicted molar refractivity (Wildman–Crippen MR) is 83.0 cm³/mol. The third-order valence-corrected chi connectivity index (χ3v) is 4.08. The Balaban J connectivity index is 2.23. The summed E-state index contributed by atoms with van der Waals surface area (Å²) in [6.45, 7) is 0.119. The second kappa shape index (κ2) is 6.70. The minimum Gasteiger partial charge on any atom is -0.486 e. The maximum Gasteiger partial charge on any atom is 0.150 e. The van der Waals surface area contributed by atoms with Crippen LogP contribution in [0.1, 0.15) is 15.9 Å². The Morgan fingerprint density at radius 2 is 1.85 bits per heavy atom. The predicted octanol–water partition coefficient (Wildman–Crippen LogP) is 5.40. The summed E-state index contributed by atoms with van der Waals surface area (Å²) in [5.41, 5.74) is 1.06. The van der Waals surface area contributed by atoms with Crippen molar-refractivity contribution in [1.29, 1.82) is 0 Å². The number of hydrogen-bond donors (Lipinski definition) is 0. The second-order valence-electron chi connectivity index (χ2n) is 3.96. The summed E-state index contributed by atoms with van der Waals surface area (Å²) in [6, 6.07) is 7.37. The maximum atomic E-state index is 13.2. The van der Waals surface area contributed by atoms with E-state index in [1.807, 2.05) is 0 Å². The number of benzene rings is 2. The monoisotopic (exact) mass is 420 g/mol. The maximum absolute atomic E-state index is 13.2. The van der Waals surface area contributed by atoms with E-state index in [2.05, 4.69) is 31.9 Å². The topological polar surface area (TPSA) is 26.3 Å². The zero-order valence-corrected chi connectivity index (χ0v) is 13.9. The number of rotatable bonds is 4. The van der Waals surface area contributed by atoms with Gasteiger partial charge in [-0.05, 0) is 62.2 Å². The fraction of sp³-hybridized carbons (Fsp3) is 0.0714. The Kier molecular flexibility index (Phi) is 5.18. The van der Waals surface area contributed by atoms with Crippen molar-refractivity contribution in [2.24, 2.45) is 0 Å². The lowest BCUT2D eigenvalue weighted by atomic mass is 10.2. The molecule has 0 N–H and O–H groups in total. The number of carbonyl (C=O) groups is 1. The molecule has 0 fully saturated rings. The normalized spacial score (nSPS) is 10.4. The average molecular weight is 422 g/mol. The van der Waals surface area contributed by atoms with E-state index in [0.29, 0.717) is 30.8 Å². The Morgan fingerprint density at radius 1 is 1.20 bits per heavy atom. The molecule has 0 amide bonds. The van der Waals surface area contributed by atoms with E-state index in [9.17, 15) is 9.18 Å². The number of ether oxygens (including phenoxy) is 1. The molecule has 2 rings (SSSR count). The summed E-state index contributed by atoms with van der Waals surface area (Å²) in [7, 11) is 0. The third-order valence-electron chi connectivity index (χ3n) is 2.54. The van der Waals surface area contributed by atoms with Crippen molar-refractivity contribution >= 4 is 49.7 Å². The molecular formula is C14H8Br2ClFO2. The summed E-state index contributed by atoms with van der Waals surface area (Å²) >= 11 is 12.6. The summed E-state index contributed by atoms with van der Waals surface area (Å²) in [5, 5.41) is 0.433. The molecule has 0 bridgehead atoms. The minimum atomic E-state index is -0.373. The highest BCUT2D eigenvalue weighted by Gasteiger charge is 2.10. The van der Waals surface area contributed by atoms with Crippen molar-refractivity contribution in [3.8, 4) is 5.75 Å². The Labute approximate surface area is 137 Å². The molecule has 0 aliphatic heterocycles. The van der Waals surface area contributed by atoms with Crippen LogP contribution in [0.25, 0.3) is 0 Å². The van der Waals surface area contributed by atoms with E-state index in [0.717, 1.165) is 6.29 Å². The molecule has 2 nitrogen and oxygen atoms in total. The fourth-order valence-electron chi connectivity index (χ4n) is 1.59. The molecule has 0 aliphatic carbocycles. The van der Waals surface area contributed by atoms with Crippen molar-refractivity contribution < 1.29 is 13.9 Å². The Hall–Kier alpha value is -0.910. The second-order valence-corrected chi connectivity index (χ2v) is 6.07. The molecule has 0 atom stereocenters. The molecule has 0 saturated carbocycles. The van der Waals surface area contributed by atoms with E-state index in [1.165, 1.54) is 18.2 Å². The van der Waals surface area contributed by atoms with Gasteiger partial charge in [-0.15, -0.1) is 0 Å². The van der Waals surface area contributed by atoms with Crippen molar-refractivity contribution in [2.75, 3.05) is 0 Å². The van der Waals surface area contributed by atoms with Crippen LogP contribution in [0.4, 0.5) is 4.39 Å². The van der Waals surface area contributed by atoms with Crippen molar-refractivity contribution in [3.05, 3.63) is 61.2 Å². The van der Waals surface area contributed by atoms with Gasteiger partial charge in [0.25, 0.3) is 0 Å². The van der Waals surface area contributed by atoms with Crippen LogP contribution >= 0.6 is 43.5 Å². The molecule has 20 heavy (non-hydrogen) atoms. The van der Waals surface area contributed by atoms with Gasteiger partial charge in [-0.1, -0.05) is 11.6 Å². The van der Waals surface area contributed by atoms with Crippen LogP contribution < -0.4 is 4.74 Å². The van der Waals surface area contributed by atoms with Gasteiger partial charge in [0, 0.05) is 16.1 Å². The van der Waals surface area contributed by atoms with Gasteiger partial charge in [0.2, 0.25) is 0 Å². The molecule has 0 saturated heterocycles. The van der Waals surface area contributed by atoms with Crippen molar-refractivity contribution in [1.82, 2.24) is 0 Å². The van der Waals surface area contributed by atoms with Gasteiger partial charge in [0.05, 0.1) is 8.95 Å². The average Bonchev–Trinajstić information content (AvgIpc) is 2.41. The number of hydrogen-bond acceptors (Lipinski definition) is 2. The largest absolute Gasteiger partial charge is 0.486 e. The summed E-state index contributed by atoms with van der Waals surface area (Å²) < 4.78 is 20.0. The molecule has 0 radical (unpaired) electrons. The molecule has 2 aromatic carbocycles. The van der Waals surface area contributed by atoms with E-state index in [-0.39, 0.29) is 12.4 Å². The van der Waals surface area contributed by atoms with Gasteiger partial charge in [-0.3, -0.25) is 4.79 Å². The van der Waals surface area contributed by atoms with E-state index >= 15 is 0 Å². The Bertz CT molecular complexity index is 639. The fourth-order valence-corrected chi connectivity index (χ4v) is 3.21. The van der Waals surface area contributed by atoms with Gasteiger partial charge in [-0.25, -0.2) is 4.39 Å². The van der Waals surface area contributed by atoms with Crippen molar-refractivity contribution in [3.63, 3.8) is 0 Å². The first-order chi connectivity index (χ1) is 9.51. The molecule has 104 valence electrons. The number of halogens is 4. The number of carbonyl (C=O) groups excluding carboxylic acids is 1. The number of aldehydes is 1. The molecule has 0 spiro atoms. The van der Waals surface area contributed by atoms with Crippen LogP contribution in [-0.4, -0.2) is 6.29 Å². The van der Waals surface area contributed by atoms with Gasteiger partial charge >= 0.3 is 0 Å². The molecule has 0 heterocycles. The SMILES string of the molecule is O=Cc1cc(Br)c(OCc2cc(F)ccc2Cl)c(Br)c1. The summed E-state index contributed by atoms with van der Waals surface area (Å²) in [4.78, 5) is 10.7. The lowest BCUT2D eigenvalue weighted by molar-refractivity contribution is 0.112. The third kappa shape index (κ3) is 3.59. The lowest BCUT2D eigenvalue weighted by Gasteiger charge is -2.12. The van der Waals surface area contributed by atoms with Gasteiger partial charge < -0.3 is 4.74 Å².